The number of benzene rings is 1. The molecule has 1 aromatic rings. The zero-order valence-electron chi connectivity index (χ0n) is 9.70. The van der Waals surface area contributed by atoms with Crippen LogP contribution in [0, 0.1) is 0 Å². The molecule has 1 fully saturated rings. The Labute approximate surface area is 124 Å². The van der Waals surface area contributed by atoms with Gasteiger partial charge in [0, 0.05) is 28.6 Å². The number of sulfonamides is 1. The first-order valence-corrected chi connectivity index (χ1v) is 8.70. The van der Waals surface area contributed by atoms with E-state index in [2.05, 4.69) is 37.2 Å². The lowest BCUT2D eigenvalue weighted by Gasteiger charge is -2.20. The largest absolute Gasteiger partial charge is 0.315 e. The van der Waals surface area contributed by atoms with Gasteiger partial charge < -0.3 is 5.32 Å². The predicted octanol–water partition coefficient (Wildman–Crippen LogP) is 2.20. The van der Waals surface area contributed by atoms with Crippen LogP contribution < -0.4 is 5.32 Å². The second kappa shape index (κ2) is 6.00. The minimum atomic E-state index is -3.42. The van der Waals surface area contributed by atoms with Gasteiger partial charge in [-0.25, -0.2) is 8.42 Å². The molecule has 0 aromatic heterocycles. The summed E-state index contributed by atoms with van der Waals surface area (Å²) < 4.78 is 28.0. The quantitative estimate of drug-likeness (QED) is 0.832. The smallest absolute Gasteiger partial charge is 0.244 e. The van der Waals surface area contributed by atoms with E-state index >= 15 is 0 Å². The Balaban J connectivity index is 2.37. The molecule has 0 aliphatic carbocycles. The maximum atomic E-state index is 12.6. The third kappa shape index (κ3) is 3.14. The molecule has 0 unspecified atom stereocenters. The second-order valence-electron chi connectivity index (χ2n) is 4.08. The van der Waals surface area contributed by atoms with E-state index in [0.29, 0.717) is 29.0 Å². The van der Waals surface area contributed by atoms with Crippen molar-refractivity contribution in [2.45, 2.75) is 11.3 Å². The van der Waals surface area contributed by atoms with Gasteiger partial charge in [0.05, 0.1) is 4.90 Å². The molecule has 0 amide bonds. The van der Waals surface area contributed by atoms with E-state index in [4.69, 9.17) is 0 Å². The fraction of sp³-hybridized carbons (Fsp3) is 0.455. The zero-order chi connectivity index (χ0) is 13.2. The third-order valence-corrected chi connectivity index (χ3v) is 6.20. The highest BCUT2D eigenvalue weighted by atomic mass is 79.9. The molecule has 100 valence electrons. The van der Waals surface area contributed by atoms with Crippen LogP contribution in [0.3, 0.4) is 0 Å². The van der Waals surface area contributed by atoms with Crippen molar-refractivity contribution >= 4 is 41.9 Å². The number of halogens is 2. The summed E-state index contributed by atoms with van der Waals surface area (Å²) in [5, 5.41) is 3.20. The highest BCUT2D eigenvalue weighted by Crippen LogP contribution is 2.28. The Morgan fingerprint density at radius 2 is 1.94 bits per heavy atom. The molecule has 1 N–H and O–H groups in total. The third-order valence-electron chi connectivity index (χ3n) is 2.81. The highest BCUT2D eigenvalue weighted by Gasteiger charge is 2.27. The molecular weight excluding hydrogens is 384 g/mol. The van der Waals surface area contributed by atoms with Gasteiger partial charge in [-0.1, -0.05) is 15.9 Å². The van der Waals surface area contributed by atoms with Crippen LogP contribution in [0.1, 0.15) is 6.42 Å². The van der Waals surface area contributed by atoms with Crippen LogP contribution >= 0.6 is 31.9 Å². The molecular formula is C11H14Br2N2O2S. The lowest BCUT2D eigenvalue weighted by Crippen LogP contribution is -2.34. The molecule has 0 radical (unpaired) electrons. The van der Waals surface area contributed by atoms with E-state index in [1.165, 1.54) is 0 Å². The van der Waals surface area contributed by atoms with Crippen LogP contribution in [0.2, 0.25) is 0 Å². The van der Waals surface area contributed by atoms with Gasteiger partial charge in [-0.2, -0.15) is 4.31 Å². The van der Waals surface area contributed by atoms with Crippen molar-refractivity contribution < 1.29 is 8.42 Å². The lowest BCUT2D eigenvalue weighted by atomic mass is 10.4. The van der Waals surface area contributed by atoms with Crippen molar-refractivity contribution in [1.29, 1.82) is 0 Å². The molecule has 2 rings (SSSR count). The van der Waals surface area contributed by atoms with Gasteiger partial charge in [0.1, 0.15) is 0 Å². The Bertz CT molecular complexity index is 526. The summed E-state index contributed by atoms with van der Waals surface area (Å²) >= 11 is 6.62. The first-order valence-electron chi connectivity index (χ1n) is 5.68. The summed E-state index contributed by atoms with van der Waals surface area (Å²) in [6, 6.07) is 5.19. The monoisotopic (exact) mass is 396 g/mol. The van der Waals surface area contributed by atoms with Gasteiger partial charge in [-0.15, -0.1) is 0 Å². The molecule has 0 atom stereocenters. The first-order chi connectivity index (χ1) is 8.51. The Morgan fingerprint density at radius 3 is 2.72 bits per heavy atom. The topological polar surface area (TPSA) is 49.4 Å². The van der Waals surface area contributed by atoms with Crippen LogP contribution in [0.25, 0.3) is 0 Å². The van der Waals surface area contributed by atoms with E-state index in [1.54, 1.807) is 16.4 Å². The average Bonchev–Trinajstić information content (AvgIpc) is 2.61. The summed E-state index contributed by atoms with van der Waals surface area (Å²) in [5.74, 6) is 0. The zero-order valence-corrected chi connectivity index (χ0v) is 13.7. The Hall–Kier alpha value is 0.0500. The van der Waals surface area contributed by atoms with Gasteiger partial charge in [0.2, 0.25) is 10.0 Å². The molecule has 4 nitrogen and oxygen atoms in total. The second-order valence-corrected chi connectivity index (χ2v) is 7.76. The van der Waals surface area contributed by atoms with Crippen LogP contribution in [-0.4, -0.2) is 38.9 Å². The van der Waals surface area contributed by atoms with Crippen LogP contribution in [0.15, 0.2) is 32.0 Å². The minimum absolute atomic E-state index is 0.318. The number of rotatable bonds is 2. The number of hydrogen-bond acceptors (Lipinski definition) is 3. The SMILES string of the molecule is O=S(=O)(c1cc(Br)ccc1Br)N1CCCNCC1. The van der Waals surface area contributed by atoms with E-state index < -0.39 is 10.0 Å². The van der Waals surface area contributed by atoms with E-state index in [0.717, 1.165) is 17.4 Å². The Morgan fingerprint density at radius 1 is 1.17 bits per heavy atom. The van der Waals surface area contributed by atoms with Crippen molar-refractivity contribution in [3.63, 3.8) is 0 Å². The summed E-state index contributed by atoms with van der Waals surface area (Å²) in [6.45, 7) is 2.64. The molecule has 1 aliphatic heterocycles. The number of nitrogens with one attached hydrogen (secondary N) is 1. The average molecular weight is 398 g/mol. The summed E-state index contributed by atoms with van der Waals surface area (Å²) in [5.41, 5.74) is 0. The molecule has 1 aromatic carbocycles. The first kappa shape index (κ1) is 14.5. The molecule has 0 bridgehead atoms. The van der Waals surface area contributed by atoms with Crippen molar-refractivity contribution in [2.24, 2.45) is 0 Å². The summed E-state index contributed by atoms with van der Waals surface area (Å²) in [7, 11) is -3.42. The van der Waals surface area contributed by atoms with Gasteiger partial charge >= 0.3 is 0 Å². The van der Waals surface area contributed by atoms with Crippen molar-refractivity contribution in [1.82, 2.24) is 9.62 Å². The highest BCUT2D eigenvalue weighted by molar-refractivity contribution is 9.11. The predicted molar refractivity (Wildman–Crippen MR) is 78.1 cm³/mol. The van der Waals surface area contributed by atoms with Crippen molar-refractivity contribution in [2.75, 3.05) is 26.2 Å². The minimum Gasteiger partial charge on any atom is -0.315 e. The fourth-order valence-electron chi connectivity index (χ4n) is 1.88. The van der Waals surface area contributed by atoms with Gasteiger partial charge in [-0.05, 0) is 47.1 Å². The molecule has 0 saturated carbocycles. The molecule has 18 heavy (non-hydrogen) atoms. The van der Waals surface area contributed by atoms with Gasteiger partial charge in [0.25, 0.3) is 0 Å². The molecule has 1 heterocycles. The summed E-state index contributed by atoms with van der Waals surface area (Å²) in [4.78, 5) is 0.318. The van der Waals surface area contributed by atoms with E-state index in [-0.39, 0.29) is 0 Å². The van der Waals surface area contributed by atoms with Crippen molar-refractivity contribution in [3.05, 3.63) is 27.1 Å². The summed E-state index contributed by atoms with van der Waals surface area (Å²) in [6.07, 6.45) is 0.838. The standard InChI is InChI=1S/C11H14Br2N2O2S/c12-9-2-3-10(13)11(8-9)18(16,17)15-6-1-4-14-5-7-15/h2-3,8,14H,1,4-7H2. The van der Waals surface area contributed by atoms with Crippen LogP contribution in [0.4, 0.5) is 0 Å². The normalized spacial score (nSPS) is 18.6. The molecule has 7 heteroatoms. The van der Waals surface area contributed by atoms with Crippen LogP contribution in [-0.2, 0) is 10.0 Å². The maximum Gasteiger partial charge on any atom is 0.244 e. The van der Waals surface area contributed by atoms with Crippen molar-refractivity contribution in [3.8, 4) is 0 Å². The van der Waals surface area contributed by atoms with Gasteiger partial charge in [0.15, 0.2) is 0 Å². The molecule has 1 saturated heterocycles. The number of nitrogens with zero attached hydrogens (tertiary/aromatic N) is 1. The number of hydrogen-bond donors (Lipinski definition) is 1. The molecule has 0 spiro atoms. The molecule has 1 aliphatic rings. The van der Waals surface area contributed by atoms with Gasteiger partial charge in [-0.3, -0.25) is 0 Å². The Kier molecular flexibility index (Phi) is 4.82. The van der Waals surface area contributed by atoms with E-state index in [9.17, 15) is 8.42 Å². The maximum absolute atomic E-state index is 12.6. The van der Waals surface area contributed by atoms with E-state index in [1.807, 2.05) is 6.07 Å². The fourth-order valence-corrected chi connectivity index (χ4v) is 4.82. The lowest BCUT2D eigenvalue weighted by molar-refractivity contribution is 0.431. The van der Waals surface area contributed by atoms with Crippen LogP contribution in [0.5, 0.6) is 0 Å².